The Hall–Kier alpha value is -3.45. The number of hydrogen-bond donors (Lipinski definition) is 0. The zero-order valence-corrected chi connectivity index (χ0v) is 17.5. The van der Waals surface area contributed by atoms with Crippen molar-refractivity contribution < 1.29 is 4.79 Å². The Morgan fingerprint density at radius 3 is 1.10 bits per heavy atom. The van der Waals surface area contributed by atoms with Gasteiger partial charge in [-0.25, -0.2) is 0 Å². The second-order valence-electron chi connectivity index (χ2n) is 7.84. The lowest BCUT2D eigenvalue weighted by Crippen LogP contribution is -2.03. The molecule has 4 aromatic rings. The van der Waals surface area contributed by atoms with Gasteiger partial charge in [-0.2, -0.15) is 0 Å². The monoisotopic (exact) mass is 390 g/mol. The van der Waals surface area contributed by atoms with Crippen LogP contribution >= 0.6 is 0 Å². The maximum atomic E-state index is 12.9. The standard InChI is InChI=1S/C29H26O/c1-21(23-9-5-3-6-10-23)25-13-17-27(18-14-25)29(30)28-19-15-26(16-20-28)22(2)24-11-7-4-8-12-24/h3-22H,1-2H3. The Balaban J connectivity index is 1.49. The van der Waals surface area contributed by atoms with Crippen molar-refractivity contribution in [2.45, 2.75) is 25.7 Å². The molecule has 0 aliphatic carbocycles. The van der Waals surface area contributed by atoms with Gasteiger partial charge in [0.2, 0.25) is 0 Å². The van der Waals surface area contributed by atoms with Crippen molar-refractivity contribution in [2.75, 3.05) is 0 Å². The largest absolute Gasteiger partial charge is 0.289 e. The molecule has 0 N–H and O–H groups in total. The van der Waals surface area contributed by atoms with Crippen molar-refractivity contribution in [3.05, 3.63) is 143 Å². The van der Waals surface area contributed by atoms with Gasteiger partial charge in [0, 0.05) is 23.0 Å². The summed E-state index contributed by atoms with van der Waals surface area (Å²) in [6, 6.07) is 36.9. The van der Waals surface area contributed by atoms with Gasteiger partial charge in [-0.15, -0.1) is 0 Å². The van der Waals surface area contributed by atoms with Gasteiger partial charge >= 0.3 is 0 Å². The molecular formula is C29H26O. The summed E-state index contributed by atoms with van der Waals surface area (Å²) in [4.78, 5) is 12.9. The molecule has 0 aromatic heterocycles. The summed E-state index contributed by atoms with van der Waals surface area (Å²) < 4.78 is 0. The van der Waals surface area contributed by atoms with Gasteiger partial charge in [0.05, 0.1) is 0 Å². The summed E-state index contributed by atoms with van der Waals surface area (Å²) in [5.74, 6) is 0.663. The van der Waals surface area contributed by atoms with E-state index in [9.17, 15) is 4.79 Å². The van der Waals surface area contributed by atoms with Crippen LogP contribution in [0.2, 0.25) is 0 Å². The Bertz CT molecular complexity index is 1000. The van der Waals surface area contributed by atoms with Crippen LogP contribution in [0.1, 0.15) is 63.9 Å². The van der Waals surface area contributed by atoms with Gasteiger partial charge < -0.3 is 0 Å². The van der Waals surface area contributed by atoms with Crippen LogP contribution in [0, 0.1) is 0 Å². The number of carbonyl (C=O) groups is 1. The quantitative estimate of drug-likeness (QED) is 0.318. The molecule has 2 atom stereocenters. The minimum Gasteiger partial charge on any atom is -0.289 e. The van der Waals surface area contributed by atoms with E-state index in [1.807, 2.05) is 36.4 Å². The Morgan fingerprint density at radius 1 is 0.467 bits per heavy atom. The summed E-state index contributed by atoms with van der Waals surface area (Å²) in [7, 11) is 0. The fraction of sp³-hybridized carbons (Fsp3) is 0.138. The first-order valence-electron chi connectivity index (χ1n) is 10.5. The highest BCUT2D eigenvalue weighted by Crippen LogP contribution is 2.26. The van der Waals surface area contributed by atoms with Crippen LogP contribution in [0.3, 0.4) is 0 Å². The minimum absolute atomic E-state index is 0.0628. The molecule has 0 radical (unpaired) electrons. The predicted octanol–water partition coefficient (Wildman–Crippen LogP) is 7.22. The van der Waals surface area contributed by atoms with Crippen molar-refractivity contribution in [3.63, 3.8) is 0 Å². The van der Waals surface area contributed by atoms with Crippen LogP contribution in [-0.2, 0) is 0 Å². The van der Waals surface area contributed by atoms with Crippen molar-refractivity contribution in [3.8, 4) is 0 Å². The SMILES string of the molecule is CC(c1ccccc1)c1ccc(C(=O)c2ccc(C(C)c3ccccc3)cc2)cc1. The average Bonchev–Trinajstić information content (AvgIpc) is 2.84. The van der Waals surface area contributed by atoms with Gasteiger partial charge in [0.25, 0.3) is 0 Å². The van der Waals surface area contributed by atoms with Crippen LogP contribution in [0.5, 0.6) is 0 Å². The molecule has 1 nitrogen and oxygen atoms in total. The maximum Gasteiger partial charge on any atom is 0.193 e. The zero-order chi connectivity index (χ0) is 20.9. The first-order chi connectivity index (χ1) is 14.6. The molecule has 30 heavy (non-hydrogen) atoms. The first kappa shape index (κ1) is 19.8. The number of rotatable bonds is 6. The van der Waals surface area contributed by atoms with Crippen molar-refractivity contribution in [2.24, 2.45) is 0 Å². The molecule has 148 valence electrons. The lowest BCUT2D eigenvalue weighted by Gasteiger charge is -2.14. The van der Waals surface area contributed by atoms with Crippen LogP contribution in [0.4, 0.5) is 0 Å². The molecule has 0 amide bonds. The van der Waals surface area contributed by atoms with Crippen LogP contribution in [0.15, 0.2) is 109 Å². The third-order valence-electron chi connectivity index (χ3n) is 5.94. The van der Waals surface area contributed by atoms with E-state index in [4.69, 9.17) is 0 Å². The maximum absolute atomic E-state index is 12.9. The Labute approximate surface area is 179 Å². The highest BCUT2D eigenvalue weighted by atomic mass is 16.1. The lowest BCUT2D eigenvalue weighted by atomic mass is 9.90. The van der Waals surface area contributed by atoms with Crippen LogP contribution in [0.25, 0.3) is 0 Å². The van der Waals surface area contributed by atoms with Crippen molar-refractivity contribution in [1.29, 1.82) is 0 Å². The molecule has 2 unspecified atom stereocenters. The lowest BCUT2D eigenvalue weighted by molar-refractivity contribution is 0.103. The molecule has 4 aromatic carbocycles. The van der Waals surface area contributed by atoms with Crippen molar-refractivity contribution in [1.82, 2.24) is 0 Å². The van der Waals surface area contributed by atoms with Crippen LogP contribution in [-0.4, -0.2) is 5.78 Å². The summed E-state index contributed by atoms with van der Waals surface area (Å²) in [5, 5.41) is 0. The molecule has 0 aliphatic heterocycles. The molecule has 0 bridgehead atoms. The second-order valence-corrected chi connectivity index (χ2v) is 7.84. The van der Waals surface area contributed by atoms with E-state index in [1.165, 1.54) is 22.3 Å². The van der Waals surface area contributed by atoms with Crippen molar-refractivity contribution >= 4 is 5.78 Å². The number of ketones is 1. The Morgan fingerprint density at radius 2 is 0.767 bits per heavy atom. The molecule has 4 rings (SSSR count). The number of hydrogen-bond acceptors (Lipinski definition) is 1. The summed E-state index contributed by atoms with van der Waals surface area (Å²) in [6.45, 7) is 4.39. The Kier molecular flexibility index (Phi) is 5.90. The van der Waals surface area contributed by atoms with Gasteiger partial charge in [-0.05, 0) is 22.3 Å². The highest BCUT2D eigenvalue weighted by Gasteiger charge is 2.13. The summed E-state index contributed by atoms with van der Waals surface area (Å²) in [6.07, 6.45) is 0. The van der Waals surface area contributed by atoms with Gasteiger partial charge in [0.15, 0.2) is 5.78 Å². The predicted molar refractivity (Wildman–Crippen MR) is 124 cm³/mol. The van der Waals surface area contributed by atoms with E-state index < -0.39 is 0 Å². The minimum atomic E-state index is 0.0628. The average molecular weight is 391 g/mol. The third-order valence-corrected chi connectivity index (χ3v) is 5.94. The fourth-order valence-electron chi connectivity index (χ4n) is 3.88. The van der Waals surface area contributed by atoms with E-state index >= 15 is 0 Å². The molecule has 0 saturated carbocycles. The zero-order valence-electron chi connectivity index (χ0n) is 17.5. The van der Waals surface area contributed by atoms with E-state index in [0.29, 0.717) is 11.8 Å². The molecule has 0 aliphatic rings. The topological polar surface area (TPSA) is 17.1 Å². The second kappa shape index (κ2) is 8.92. The molecule has 0 heterocycles. The normalized spacial score (nSPS) is 12.9. The smallest absolute Gasteiger partial charge is 0.193 e. The molecule has 0 fully saturated rings. The molecule has 1 heteroatoms. The van der Waals surface area contributed by atoms with E-state index in [2.05, 4.69) is 86.6 Å². The third kappa shape index (κ3) is 4.26. The molecular weight excluding hydrogens is 364 g/mol. The molecule has 0 saturated heterocycles. The molecule has 0 spiro atoms. The van der Waals surface area contributed by atoms with E-state index in [-0.39, 0.29) is 5.78 Å². The van der Waals surface area contributed by atoms with Gasteiger partial charge in [0.1, 0.15) is 0 Å². The number of benzene rings is 4. The first-order valence-corrected chi connectivity index (χ1v) is 10.5. The van der Waals surface area contributed by atoms with Gasteiger partial charge in [-0.3, -0.25) is 4.79 Å². The van der Waals surface area contributed by atoms with Gasteiger partial charge in [-0.1, -0.05) is 123 Å². The summed E-state index contributed by atoms with van der Waals surface area (Å²) in [5.41, 5.74) is 6.43. The highest BCUT2D eigenvalue weighted by molar-refractivity contribution is 6.09. The van der Waals surface area contributed by atoms with Crippen LogP contribution < -0.4 is 0 Å². The fourth-order valence-corrected chi connectivity index (χ4v) is 3.88. The number of carbonyl (C=O) groups excluding carboxylic acids is 1. The summed E-state index contributed by atoms with van der Waals surface area (Å²) >= 11 is 0. The van der Waals surface area contributed by atoms with E-state index in [0.717, 1.165) is 11.1 Å². The van der Waals surface area contributed by atoms with E-state index in [1.54, 1.807) is 0 Å².